The van der Waals surface area contributed by atoms with Gasteiger partial charge in [-0.05, 0) is 42.9 Å². The molecule has 0 atom stereocenters. The minimum absolute atomic E-state index is 0.116. The molecule has 5 nitrogen and oxygen atoms in total. The Morgan fingerprint density at radius 1 is 1.11 bits per heavy atom. The van der Waals surface area contributed by atoms with Crippen molar-refractivity contribution >= 4 is 35.8 Å². The highest BCUT2D eigenvalue weighted by molar-refractivity contribution is 7.71. The van der Waals surface area contributed by atoms with Crippen molar-refractivity contribution in [3.05, 3.63) is 80.8 Å². The number of hydrogen-bond acceptors (Lipinski definition) is 4. The molecule has 0 bridgehead atoms. The molecule has 4 rings (SSSR count). The molecule has 0 spiro atoms. The van der Waals surface area contributed by atoms with Crippen molar-refractivity contribution in [2.24, 2.45) is 4.99 Å². The molecule has 2 heterocycles. The maximum atomic E-state index is 13.3. The summed E-state index contributed by atoms with van der Waals surface area (Å²) in [5, 5.41) is 10.9. The van der Waals surface area contributed by atoms with Crippen molar-refractivity contribution in [3.8, 4) is 11.6 Å². The van der Waals surface area contributed by atoms with Crippen molar-refractivity contribution in [1.82, 2.24) is 9.13 Å². The number of para-hydroxylation sites is 2. The molecule has 1 aliphatic heterocycles. The second-order valence-electron chi connectivity index (χ2n) is 6.52. The van der Waals surface area contributed by atoms with Crippen LogP contribution in [0.15, 0.2) is 64.4 Å². The van der Waals surface area contributed by atoms with Gasteiger partial charge in [-0.1, -0.05) is 43.3 Å². The number of aromatic hydroxyl groups is 1. The van der Waals surface area contributed by atoms with Gasteiger partial charge in [0.2, 0.25) is 5.88 Å². The number of aromatic nitrogens is 2. The molecule has 0 fully saturated rings. The van der Waals surface area contributed by atoms with Crippen LogP contribution in [-0.2, 0) is 6.54 Å². The van der Waals surface area contributed by atoms with E-state index in [2.05, 4.69) is 4.99 Å². The summed E-state index contributed by atoms with van der Waals surface area (Å²) in [7, 11) is 0. The normalized spacial score (nSPS) is 13.8. The lowest BCUT2D eigenvalue weighted by atomic mass is 10.1. The van der Waals surface area contributed by atoms with Crippen molar-refractivity contribution in [2.75, 3.05) is 0 Å². The fraction of sp³-hybridized carbons (Fsp3) is 0.136. The number of rotatable bonds is 4. The van der Waals surface area contributed by atoms with E-state index >= 15 is 0 Å². The number of benzene rings is 2. The number of nitrogens with zero attached hydrogens (tertiary/aromatic N) is 3. The van der Waals surface area contributed by atoms with Gasteiger partial charge in [0.05, 0.1) is 11.4 Å². The summed E-state index contributed by atoms with van der Waals surface area (Å²) in [6.45, 7) is 2.51. The van der Waals surface area contributed by atoms with Crippen molar-refractivity contribution in [1.29, 1.82) is 0 Å². The van der Waals surface area contributed by atoms with Crippen LogP contribution in [-0.4, -0.2) is 20.5 Å². The summed E-state index contributed by atoms with van der Waals surface area (Å²) >= 11 is 5.54. The van der Waals surface area contributed by atoms with Crippen LogP contribution in [0.25, 0.3) is 17.3 Å². The molecule has 28 heavy (non-hydrogen) atoms. The van der Waals surface area contributed by atoms with E-state index < -0.39 is 0 Å². The molecule has 0 saturated heterocycles. The van der Waals surface area contributed by atoms with Crippen molar-refractivity contribution in [2.45, 2.75) is 19.9 Å². The summed E-state index contributed by atoms with van der Waals surface area (Å²) in [6, 6.07) is 16.9. The van der Waals surface area contributed by atoms with E-state index in [1.54, 1.807) is 16.9 Å². The lowest BCUT2D eigenvalue weighted by Crippen LogP contribution is -2.26. The maximum absolute atomic E-state index is 13.3. The molecule has 1 aliphatic rings. The molecule has 140 valence electrons. The number of fused-ring (bicyclic) bond motifs is 1. The van der Waals surface area contributed by atoms with E-state index in [4.69, 9.17) is 12.2 Å². The van der Waals surface area contributed by atoms with Crippen LogP contribution in [0.3, 0.4) is 0 Å². The first-order valence-corrected chi connectivity index (χ1v) is 9.52. The third-order valence-electron chi connectivity index (χ3n) is 4.67. The Labute approximate surface area is 167 Å². The van der Waals surface area contributed by atoms with E-state index in [-0.39, 0.29) is 21.8 Å². The minimum Gasteiger partial charge on any atom is -0.494 e. The molecule has 0 radical (unpaired) electrons. The highest BCUT2D eigenvalue weighted by atomic mass is 32.1. The van der Waals surface area contributed by atoms with Crippen LogP contribution < -0.4 is 5.56 Å². The summed E-state index contributed by atoms with van der Waals surface area (Å²) in [6.07, 6.45) is 4.17. The number of allylic oxidation sites excluding steroid dienone is 1. The summed E-state index contributed by atoms with van der Waals surface area (Å²) in [4.78, 5) is 17.7. The Bertz CT molecular complexity index is 1220. The van der Waals surface area contributed by atoms with Gasteiger partial charge in [-0.3, -0.25) is 18.9 Å². The fourth-order valence-corrected chi connectivity index (χ4v) is 3.69. The zero-order chi connectivity index (χ0) is 19.7. The quantitative estimate of drug-likeness (QED) is 0.656. The Morgan fingerprint density at radius 3 is 2.57 bits per heavy atom. The molecule has 6 heteroatoms. The van der Waals surface area contributed by atoms with Gasteiger partial charge in [0.1, 0.15) is 5.56 Å². The first kappa shape index (κ1) is 18.1. The zero-order valence-corrected chi connectivity index (χ0v) is 16.2. The maximum Gasteiger partial charge on any atom is 0.270 e. The minimum atomic E-state index is -0.355. The standard InChI is InChI=1S/C22H19N3O2S/c1-2-12-24-20(26)18(13-15-14-23-19-11-7-6-10-17(15)19)21(27)25(22(24)28)16-8-4-3-5-9-16/h3-11,13-14,26H,2,12H2,1H3. The Morgan fingerprint density at radius 2 is 1.82 bits per heavy atom. The summed E-state index contributed by atoms with van der Waals surface area (Å²) in [5.74, 6) is -0.116. The van der Waals surface area contributed by atoms with Crippen LogP contribution in [0.5, 0.6) is 5.88 Å². The zero-order valence-electron chi connectivity index (χ0n) is 15.4. The second-order valence-corrected chi connectivity index (χ2v) is 6.89. The van der Waals surface area contributed by atoms with Gasteiger partial charge >= 0.3 is 0 Å². The van der Waals surface area contributed by atoms with Crippen LogP contribution in [0.2, 0.25) is 0 Å². The monoisotopic (exact) mass is 389 g/mol. The van der Waals surface area contributed by atoms with E-state index in [0.29, 0.717) is 12.2 Å². The molecule has 0 aliphatic carbocycles. The van der Waals surface area contributed by atoms with Crippen molar-refractivity contribution < 1.29 is 5.11 Å². The van der Waals surface area contributed by atoms with Gasteiger partial charge in [0.15, 0.2) is 4.77 Å². The number of aliphatic imine (C=N–C) groups is 1. The van der Waals surface area contributed by atoms with E-state index in [1.807, 2.05) is 61.5 Å². The molecule has 0 saturated carbocycles. The van der Waals surface area contributed by atoms with E-state index in [1.165, 1.54) is 4.57 Å². The molecule has 3 aromatic rings. The third kappa shape index (κ3) is 3.01. The Hall–Kier alpha value is -3.25. The first-order valence-electron chi connectivity index (χ1n) is 9.11. The second kappa shape index (κ2) is 7.40. The van der Waals surface area contributed by atoms with Gasteiger partial charge in [0.25, 0.3) is 5.56 Å². The smallest absolute Gasteiger partial charge is 0.270 e. The largest absolute Gasteiger partial charge is 0.494 e. The van der Waals surface area contributed by atoms with Gasteiger partial charge < -0.3 is 5.11 Å². The topological polar surface area (TPSA) is 59.5 Å². The SMILES string of the molecule is CCCn1c(O)c(C=C2C=Nc3ccccc32)c(=O)n(-c2ccccc2)c1=S. The average molecular weight is 389 g/mol. The third-order valence-corrected chi connectivity index (χ3v) is 5.07. The first-order chi connectivity index (χ1) is 13.6. The van der Waals surface area contributed by atoms with Gasteiger partial charge in [0, 0.05) is 23.9 Å². The Kier molecular flexibility index (Phi) is 4.79. The highest BCUT2D eigenvalue weighted by Crippen LogP contribution is 2.33. The van der Waals surface area contributed by atoms with Gasteiger partial charge in [-0.25, -0.2) is 0 Å². The Balaban J connectivity index is 2.00. The van der Waals surface area contributed by atoms with Crippen LogP contribution >= 0.6 is 12.2 Å². The highest BCUT2D eigenvalue weighted by Gasteiger charge is 2.19. The van der Waals surface area contributed by atoms with Crippen LogP contribution in [0, 0.1) is 4.77 Å². The summed E-state index contributed by atoms with van der Waals surface area (Å²) < 4.78 is 3.35. The molecule has 2 aromatic carbocycles. The molecule has 1 N–H and O–H groups in total. The molecule has 0 amide bonds. The molecular weight excluding hydrogens is 370 g/mol. The summed E-state index contributed by atoms with van der Waals surface area (Å²) in [5.41, 5.74) is 3.07. The average Bonchev–Trinajstić information content (AvgIpc) is 3.12. The van der Waals surface area contributed by atoms with Crippen LogP contribution in [0.1, 0.15) is 24.5 Å². The lowest BCUT2D eigenvalue weighted by molar-refractivity contribution is 0.398. The molecule has 0 unspecified atom stereocenters. The van der Waals surface area contributed by atoms with Crippen LogP contribution in [0.4, 0.5) is 5.69 Å². The lowest BCUT2D eigenvalue weighted by Gasteiger charge is -2.16. The molecular formula is C22H19N3O2S. The fourth-order valence-electron chi connectivity index (χ4n) is 3.33. The predicted octanol–water partition coefficient (Wildman–Crippen LogP) is 4.74. The molecule has 1 aromatic heterocycles. The van der Waals surface area contributed by atoms with Crippen molar-refractivity contribution in [3.63, 3.8) is 0 Å². The van der Waals surface area contributed by atoms with E-state index in [9.17, 15) is 9.90 Å². The van der Waals surface area contributed by atoms with E-state index in [0.717, 1.165) is 23.2 Å². The van der Waals surface area contributed by atoms with Gasteiger partial charge in [-0.15, -0.1) is 0 Å². The number of hydrogen-bond donors (Lipinski definition) is 1. The van der Waals surface area contributed by atoms with Gasteiger partial charge in [-0.2, -0.15) is 0 Å². The predicted molar refractivity (Wildman–Crippen MR) is 115 cm³/mol.